The van der Waals surface area contributed by atoms with Crippen molar-refractivity contribution in [1.82, 2.24) is 0 Å². The number of hydrogen-bond acceptors (Lipinski definition) is 14. The standard InChI is InChI=1S/C42H68O15/c1-20-21(18-54-35-33(50)31(48)29(46)23(16-43)55-35)8-13-42(37(52)53)15-14-40(4)22(28(20)42)6-7-26-38(2)11-10-27(39(3,19-45)25(38)9-12-41(26,40)5)57-36-34(51)32(49)30(47)24(17-44)56-36/h6,20-21,23-36,43-51H,7-19H2,1-5H3,(H,52,53)/t20-,21-,23+,24+,25+,26+,27-,28-,29+,30+,31-,32-,33+,34+,35+,36-,38-,39-,40+,41+,42-/m0/s1. The number of carboxylic acids is 1. The predicted octanol–water partition coefficient (Wildman–Crippen LogP) is 0.683. The lowest BCUT2D eigenvalue weighted by Crippen LogP contribution is -2.67. The third-order valence-corrected chi connectivity index (χ3v) is 17.7. The summed E-state index contributed by atoms with van der Waals surface area (Å²) in [6.07, 6.45) is -6.08. The lowest BCUT2D eigenvalue weighted by molar-refractivity contribution is -0.333. The molecule has 0 unspecified atom stereocenters. The molecule has 0 radical (unpaired) electrons. The molecule has 0 amide bonds. The van der Waals surface area contributed by atoms with Crippen molar-refractivity contribution < 1.29 is 74.8 Å². The van der Waals surface area contributed by atoms with E-state index < -0.39 is 97.5 Å². The van der Waals surface area contributed by atoms with Gasteiger partial charge in [-0.05, 0) is 104 Å². The summed E-state index contributed by atoms with van der Waals surface area (Å²) in [4.78, 5) is 13.4. The molecule has 5 aliphatic carbocycles. The van der Waals surface area contributed by atoms with Crippen molar-refractivity contribution in [2.45, 2.75) is 160 Å². The molecule has 57 heavy (non-hydrogen) atoms. The molecule has 21 atom stereocenters. The van der Waals surface area contributed by atoms with Crippen LogP contribution in [0.25, 0.3) is 0 Å². The summed E-state index contributed by atoms with van der Waals surface area (Å²) < 4.78 is 23.9. The van der Waals surface area contributed by atoms with Crippen LogP contribution in [0.4, 0.5) is 0 Å². The van der Waals surface area contributed by atoms with Crippen LogP contribution in [0, 0.1) is 56.7 Å². The second-order valence-corrected chi connectivity index (χ2v) is 19.9. The summed E-state index contributed by atoms with van der Waals surface area (Å²) >= 11 is 0. The van der Waals surface area contributed by atoms with Crippen LogP contribution in [-0.2, 0) is 23.7 Å². The van der Waals surface area contributed by atoms with E-state index in [1.807, 2.05) is 6.92 Å². The van der Waals surface area contributed by atoms with Crippen LogP contribution in [0.2, 0.25) is 0 Å². The first-order valence-electron chi connectivity index (χ1n) is 21.2. The maximum Gasteiger partial charge on any atom is 0.310 e. The fraction of sp³-hybridized carbons (Fsp3) is 0.929. The molecule has 0 aromatic carbocycles. The molecule has 2 heterocycles. The Kier molecular flexibility index (Phi) is 11.9. The molecule has 0 aromatic heterocycles. The third-order valence-electron chi connectivity index (χ3n) is 17.7. The third kappa shape index (κ3) is 6.43. The van der Waals surface area contributed by atoms with Crippen molar-refractivity contribution >= 4 is 5.97 Å². The molecule has 2 saturated heterocycles. The number of ether oxygens (including phenoxy) is 4. The number of aliphatic hydroxyl groups is 9. The summed E-state index contributed by atoms with van der Waals surface area (Å²) in [7, 11) is 0. The van der Waals surface area contributed by atoms with Gasteiger partial charge >= 0.3 is 5.97 Å². The van der Waals surface area contributed by atoms with Gasteiger partial charge in [0, 0.05) is 5.41 Å². The van der Waals surface area contributed by atoms with E-state index in [-0.39, 0.29) is 59.0 Å². The molecule has 15 heteroatoms. The van der Waals surface area contributed by atoms with E-state index in [9.17, 15) is 55.9 Å². The summed E-state index contributed by atoms with van der Waals surface area (Å²) in [6, 6.07) is 0. The molecular weight excluding hydrogens is 744 g/mol. The van der Waals surface area contributed by atoms with Crippen molar-refractivity contribution in [3.05, 3.63) is 11.6 Å². The van der Waals surface area contributed by atoms with Crippen LogP contribution in [0.1, 0.15) is 92.4 Å². The Labute approximate surface area is 335 Å². The van der Waals surface area contributed by atoms with E-state index in [1.54, 1.807) is 0 Å². The minimum atomic E-state index is -1.57. The van der Waals surface area contributed by atoms with E-state index >= 15 is 0 Å². The molecule has 2 aliphatic heterocycles. The maximum atomic E-state index is 13.4. The summed E-state index contributed by atoms with van der Waals surface area (Å²) in [5.74, 6) is -1.01. The fourth-order valence-corrected chi connectivity index (χ4v) is 14.0. The maximum absolute atomic E-state index is 13.4. The average molecular weight is 813 g/mol. The Morgan fingerprint density at radius 3 is 1.96 bits per heavy atom. The molecular formula is C42H68O15. The average Bonchev–Trinajstić information content (AvgIpc) is 3.18. The molecule has 6 fully saturated rings. The largest absolute Gasteiger partial charge is 0.481 e. The van der Waals surface area contributed by atoms with Gasteiger partial charge in [0.2, 0.25) is 0 Å². The second-order valence-electron chi connectivity index (χ2n) is 19.9. The van der Waals surface area contributed by atoms with E-state index in [0.29, 0.717) is 25.7 Å². The zero-order valence-electron chi connectivity index (χ0n) is 34.0. The van der Waals surface area contributed by atoms with Crippen molar-refractivity contribution in [3.8, 4) is 0 Å². The lowest BCUT2D eigenvalue weighted by Gasteiger charge is -2.71. The smallest absolute Gasteiger partial charge is 0.310 e. The van der Waals surface area contributed by atoms with Gasteiger partial charge in [0.05, 0.1) is 37.9 Å². The van der Waals surface area contributed by atoms with Gasteiger partial charge < -0.3 is 70.0 Å². The topological polar surface area (TPSA) is 256 Å². The van der Waals surface area contributed by atoms with E-state index in [4.69, 9.17) is 18.9 Å². The number of hydrogen-bond donors (Lipinski definition) is 10. The van der Waals surface area contributed by atoms with Crippen LogP contribution in [0.3, 0.4) is 0 Å². The van der Waals surface area contributed by atoms with Crippen LogP contribution in [0.15, 0.2) is 11.6 Å². The minimum Gasteiger partial charge on any atom is -0.481 e. The molecule has 326 valence electrons. The highest BCUT2D eigenvalue weighted by molar-refractivity contribution is 5.76. The second kappa shape index (κ2) is 15.5. The summed E-state index contributed by atoms with van der Waals surface area (Å²) in [5, 5.41) is 104. The van der Waals surface area contributed by atoms with Crippen LogP contribution < -0.4 is 0 Å². The Hall–Kier alpha value is -1.31. The van der Waals surface area contributed by atoms with Gasteiger partial charge in [-0.1, -0.05) is 46.3 Å². The van der Waals surface area contributed by atoms with E-state index in [0.717, 1.165) is 32.1 Å². The lowest BCUT2D eigenvalue weighted by atomic mass is 9.33. The first-order chi connectivity index (χ1) is 26.8. The number of fused-ring (bicyclic) bond motifs is 7. The van der Waals surface area contributed by atoms with Gasteiger partial charge in [-0.2, -0.15) is 0 Å². The highest BCUT2D eigenvalue weighted by atomic mass is 16.7. The molecule has 10 N–H and O–H groups in total. The fourth-order valence-electron chi connectivity index (χ4n) is 14.0. The minimum absolute atomic E-state index is 0.0227. The normalized spacial score (nSPS) is 55.1. The van der Waals surface area contributed by atoms with Gasteiger partial charge in [-0.15, -0.1) is 0 Å². The van der Waals surface area contributed by atoms with Crippen molar-refractivity contribution in [2.75, 3.05) is 26.4 Å². The SMILES string of the molecule is C[C@H]1[C@H](CO[C@@H]2O[C@H](CO)[C@@H](O)[C@H](O)[C@H]2O)CC[C@]2(C(=O)O)CC[C@]3(C)C(=CC[C@@H]4[C@@]5(C)CC[C@H](O[C@@H]6O[C@H](CO)[C@@H](O)[C@H](O)[C@H]6O)[C@@](C)(CO)[C@@H]5CC[C@]43C)[C@H]12. The number of rotatable bonds is 9. The molecule has 15 nitrogen and oxygen atoms in total. The summed E-state index contributed by atoms with van der Waals surface area (Å²) in [5.41, 5.74) is -1.23. The van der Waals surface area contributed by atoms with E-state index in [1.165, 1.54) is 5.57 Å². The predicted molar refractivity (Wildman–Crippen MR) is 201 cm³/mol. The van der Waals surface area contributed by atoms with Crippen molar-refractivity contribution in [1.29, 1.82) is 0 Å². The van der Waals surface area contributed by atoms with Gasteiger partial charge in [-0.3, -0.25) is 4.79 Å². The monoisotopic (exact) mass is 812 g/mol. The Morgan fingerprint density at radius 2 is 1.37 bits per heavy atom. The van der Waals surface area contributed by atoms with E-state index in [2.05, 4.69) is 33.8 Å². The van der Waals surface area contributed by atoms with Crippen molar-refractivity contribution in [2.24, 2.45) is 56.7 Å². The number of carbonyl (C=O) groups is 1. The van der Waals surface area contributed by atoms with Crippen molar-refractivity contribution in [3.63, 3.8) is 0 Å². The zero-order valence-corrected chi connectivity index (χ0v) is 34.0. The van der Waals surface area contributed by atoms with Crippen LogP contribution in [-0.4, -0.2) is 151 Å². The summed E-state index contributed by atoms with van der Waals surface area (Å²) in [6.45, 7) is 10.0. The molecule has 0 aromatic rings. The number of aliphatic carboxylic acids is 1. The number of allylic oxidation sites excluding steroid dienone is 2. The quantitative estimate of drug-likeness (QED) is 0.114. The highest BCUT2D eigenvalue weighted by Gasteiger charge is 2.70. The molecule has 7 aliphatic rings. The Bertz CT molecular complexity index is 1510. The van der Waals surface area contributed by atoms with Gasteiger partial charge in [0.25, 0.3) is 0 Å². The first kappa shape index (κ1) is 43.8. The number of aliphatic hydroxyl groups excluding tert-OH is 9. The highest BCUT2D eigenvalue weighted by Crippen LogP contribution is 2.76. The van der Waals surface area contributed by atoms with Gasteiger partial charge in [0.1, 0.15) is 48.8 Å². The Morgan fingerprint density at radius 1 is 0.754 bits per heavy atom. The van der Waals surface area contributed by atoms with Gasteiger partial charge in [-0.25, -0.2) is 0 Å². The molecule has 0 spiro atoms. The first-order valence-corrected chi connectivity index (χ1v) is 21.2. The Balaban J connectivity index is 1.14. The number of carboxylic acid groups (broad SMARTS) is 1. The molecule has 0 bridgehead atoms. The molecule has 7 rings (SSSR count). The molecule has 4 saturated carbocycles. The van der Waals surface area contributed by atoms with Crippen LogP contribution >= 0.6 is 0 Å². The zero-order chi connectivity index (χ0) is 41.6. The van der Waals surface area contributed by atoms with Gasteiger partial charge in [0.15, 0.2) is 12.6 Å². The van der Waals surface area contributed by atoms with Crippen LogP contribution in [0.5, 0.6) is 0 Å².